The van der Waals surface area contributed by atoms with Crippen molar-refractivity contribution in [2.24, 2.45) is 0 Å². The number of hydrogen-bond donors (Lipinski definition) is 3. The molecule has 2 aliphatic heterocycles. The number of ether oxygens (including phenoxy) is 2. The van der Waals surface area contributed by atoms with Crippen molar-refractivity contribution < 1.29 is 33.1 Å². The highest BCUT2D eigenvalue weighted by Crippen LogP contribution is 2.34. The van der Waals surface area contributed by atoms with Crippen LogP contribution < -0.4 is 20.7 Å². The van der Waals surface area contributed by atoms with Crippen molar-refractivity contribution >= 4 is 30.0 Å². The van der Waals surface area contributed by atoms with Gasteiger partial charge in [-0.15, -0.1) is 0 Å². The summed E-state index contributed by atoms with van der Waals surface area (Å²) in [7, 11) is 1.52. The third-order valence-electron chi connectivity index (χ3n) is 6.13. The molecule has 11 nitrogen and oxygen atoms in total. The zero-order chi connectivity index (χ0) is 26.0. The summed E-state index contributed by atoms with van der Waals surface area (Å²) in [6.45, 7) is 5.95. The van der Waals surface area contributed by atoms with Gasteiger partial charge >= 0.3 is 12.1 Å². The van der Waals surface area contributed by atoms with Gasteiger partial charge in [-0.2, -0.15) is 0 Å². The van der Waals surface area contributed by atoms with Gasteiger partial charge in [0.25, 0.3) is 11.8 Å². The van der Waals surface area contributed by atoms with Crippen LogP contribution in [0.2, 0.25) is 0 Å². The van der Waals surface area contributed by atoms with Crippen LogP contribution in [0.15, 0.2) is 34.3 Å². The number of hydrogen-bond acceptors (Lipinski definition) is 7. The zero-order valence-corrected chi connectivity index (χ0v) is 20.5. The summed E-state index contributed by atoms with van der Waals surface area (Å²) >= 11 is 0. The van der Waals surface area contributed by atoms with E-state index in [-0.39, 0.29) is 37.9 Å². The smallest absolute Gasteiger partial charge is 0.407 e. The number of benzene rings is 1. The summed E-state index contributed by atoms with van der Waals surface area (Å²) in [6, 6.07) is 6.21. The standard InChI is InChI=1S/C25H28N4O7/c1-5-35-24(33)26-11-14(2)8-17-9-20(36-15(17)3)25(22(31)27-23(32)28-25)13-29-12-16-6-7-18(34-4)10-19(16)21(29)30/h6-10H,5,11-13H2,1-4H3,(H,26,33)(H2,27,28,31,32). The first-order chi connectivity index (χ1) is 17.2. The molecule has 190 valence electrons. The van der Waals surface area contributed by atoms with E-state index in [9.17, 15) is 19.2 Å². The Morgan fingerprint density at radius 1 is 1.28 bits per heavy atom. The molecule has 3 heterocycles. The molecule has 1 aromatic heterocycles. The molecule has 2 aliphatic rings. The Bertz CT molecular complexity index is 1270. The Morgan fingerprint density at radius 2 is 2.06 bits per heavy atom. The van der Waals surface area contributed by atoms with Crippen LogP contribution in [0, 0.1) is 6.92 Å². The van der Waals surface area contributed by atoms with E-state index >= 15 is 0 Å². The van der Waals surface area contributed by atoms with E-state index in [0.29, 0.717) is 22.6 Å². The van der Waals surface area contributed by atoms with Gasteiger partial charge in [0.1, 0.15) is 17.3 Å². The lowest BCUT2D eigenvalue weighted by molar-refractivity contribution is -0.125. The fourth-order valence-electron chi connectivity index (χ4n) is 4.30. The molecule has 3 N–H and O–H groups in total. The molecule has 5 amide bonds. The van der Waals surface area contributed by atoms with Crippen LogP contribution >= 0.6 is 0 Å². The Kier molecular flexibility index (Phi) is 6.73. The van der Waals surface area contributed by atoms with Crippen molar-refractivity contribution in [1.82, 2.24) is 20.9 Å². The van der Waals surface area contributed by atoms with Gasteiger partial charge in [-0.05, 0) is 44.5 Å². The normalized spacial score (nSPS) is 19.2. The predicted octanol–water partition coefficient (Wildman–Crippen LogP) is 2.44. The topological polar surface area (TPSA) is 139 Å². The van der Waals surface area contributed by atoms with Crippen LogP contribution in [0.3, 0.4) is 0 Å². The molecule has 1 fully saturated rings. The molecule has 4 rings (SSSR count). The monoisotopic (exact) mass is 496 g/mol. The Hall–Kier alpha value is -4.28. The summed E-state index contributed by atoms with van der Waals surface area (Å²) in [5, 5.41) is 7.58. The second-order valence-electron chi connectivity index (χ2n) is 8.68. The number of nitrogens with zero attached hydrogens (tertiary/aromatic N) is 1. The number of urea groups is 1. The average molecular weight is 497 g/mol. The summed E-state index contributed by atoms with van der Waals surface area (Å²) in [5.41, 5.74) is 1.16. The van der Waals surface area contributed by atoms with Crippen molar-refractivity contribution in [2.75, 3.05) is 26.8 Å². The van der Waals surface area contributed by atoms with E-state index in [2.05, 4.69) is 16.0 Å². The first-order valence-electron chi connectivity index (χ1n) is 11.5. The lowest BCUT2D eigenvalue weighted by atomic mass is 9.94. The number of carbonyl (C=O) groups is 4. The highest BCUT2D eigenvalue weighted by Gasteiger charge is 2.53. The number of alkyl carbamates (subject to hydrolysis) is 1. The summed E-state index contributed by atoms with van der Waals surface area (Å²) < 4.78 is 16.0. The van der Waals surface area contributed by atoms with Crippen LogP contribution in [-0.4, -0.2) is 55.6 Å². The van der Waals surface area contributed by atoms with E-state index in [4.69, 9.17) is 13.9 Å². The van der Waals surface area contributed by atoms with Crippen LogP contribution in [-0.2, 0) is 21.6 Å². The van der Waals surface area contributed by atoms with E-state index < -0.39 is 23.6 Å². The second-order valence-corrected chi connectivity index (χ2v) is 8.68. The number of furan rings is 1. The van der Waals surface area contributed by atoms with Crippen molar-refractivity contribution in [2.45, 2.75) is 32.9 Å². The molecule has 2 aromatic rings. The number of carbonyl (C=O) groups excluding carboxylic acids is 4. The number of nitrogens with one attached hydrogen (secondary N) is 3. The first-order valence-corrected chi connectivity index (χ1v) is 11.5. The molecule has 1 atom stereocenters. The van der Waals surface area contributed by atoms with Crippen molar-refractivity contribution in [3.05, 3.63) is 58.0 Å². The molecule has 36 heavy (non-hydrogen) atoms. The number of imide groups is 1. The van der Waals surface area contributed by atoms with Gasteiger partial charge < -0.3 is 29.4 Å². The van der Waals surface area contributed by atoms with Gasteiger partial charge in [0.15, 0.2) is 5.54 Å². The number of rotatable bonds is 8. The van der Waals surface area contributed by atoms with E-state index in [1.807, 2.05) is 6.92 Å². The molecule has 0 spiro atoms. The molecule has 0 saturated carbocycles. The minimum absolute atomic E-state index is 0.125. The largest absolute Gasteiger partial charge is 0.497 e. The molecule has 0 bridgehead atoms. The van der Waals surface area contributed by atoms with E-state index in [1.54, 1.807) is 44.2 Å². The van der Waals surface area contributed by atoms with Crippen molar-refractivity contribution in [3.8, 4) is 5.75 Å². The van der Waals surface area contributed by atoms with Crippen LogP contribution in [0.5, 0.6) is 5.75 Å². The third-order valence-corrected chi connectivity index (χ3v) is 6.13. The van der Waals surface area contributed by atoms with Gasteiger partial charge in [-0.25, -0.2) is 9.59 Å². The summed E-state index contributed by atoms with van der Waals surface area (Å²) in [5.74, 6) is 0.369. The van der Waals surface area contributed by atoms with Crippen LogP contribution in [0.1, 0.15) is 46.9 Å². The quantitative estimate of drug-likeness (QED) is 0.477. The highest BCUT2D eigenvalue weighted by atomic mass is 16.5. The predicted molar refractivity (Wildman–Crippen MR) is 128 cm³/mol. The molecule has 0 radical (unpaired) electrons. The first kappa shape index (κ1) is 24.8. The maximum atomic E-state index is 13.1. The Labute approximate surface area is 207 Å². The SMILES string of the molecule is CCOC(=O)NCC(C)=Cc1cc(C2(CN3Cc4ccc(OC)cc4C3=O)NC(=O)NC2=O)oc1C. The number of aryl methyl sites for hydroxylation is 1. The van der Waals surface area contributed by atoms with Gasteiger partial charge in [0.2, 0.25) is 0 Å². The maximum Gasteiger partial charge on any atom is 0.407 e. The van der Waals surface area contributed by atoms with Crippen molar-refractivity contribution in [1.29, 1.82) is 0 Å². The maximum absolute atomic E-state index is 13.1. The molecule has 1 aromatic carbocycles. The Morgan fingerprint density at radius 3 is 2.72 bits per heavy atom. The number of amides is 5. The van der Waals surface area contributed by atoms with E-state index in [1.165, 1.54) is 12.0 Å². The summed E-state index contributed by atoms with van der Waals surface area (Å²) in [6.07, 6.45) is 1.29. The second kappa shape index (κ2) is 9.76. The fourth-order valence-corrected chi connectivity index (χ4v) is 4.30. The van der Waals surface area contributed by atoms with E-state index in [0.717, 1.165) is 11.1 Å². The molecular formula is C25H28N4O7. The van der Waals surface area contributed by atoms with Gasteiger partial charge in [-0.3, -0.25) is 14.9 Å². The van der Waals surface area contributed by atoms with Gasteiger partial charge in [-0.1, -0.05) is 17.7 Å². The lowest BCUT2D eigenvalue weighted by Crippen LogP contribution is -2.52. The number of fused-ring (bicyclic) bond motifs is 1. The highest BCUT2D eigenvalue weighted by molar-refractivity contribution is 6.08. The minimum atomic E-state index is -1.60. The third kappa shape index (κ3) is 4.64. The molecule has 1 unspecified atom stereocenters. The lowest BCUT2D eigenvalue weighted by Gasteiger charge is -2.29. The Balaban J connectivity index is 1.60. The average Bonchev–Trinajstić information content (AvgIpc) is 3.46. The van der Waals surface area contributed by atoms with Gasteiger partial charge in [0.05, 0.1) is 20.3 Å². The van der Waals surface area contributed by atoms with Crippen LogP contribution in [0.4, 0.5) is 9.59 Å². The molecule has 1 saturated heterocycles. The van der Waals surface area contributed by atoms with Gasteiger partial charge in [0, 0.05) is 24.2 Å². The molecule has 11 heteroatoms. The van der Waals surface area contributed by atoms with Crippen LogP contribution in [0.25, 0.3) is 6.08 Å². The fraction of sp³-hybridized carbons (Fsp3) is 0.360. The zero-order valence-electron chi connectivity index (χ0n) is 20.5. The molecular weight excluding hydrogens is 468 g/mol. The van der Waals surface area contributed by atoms with Crippen molar-refractivity contribution in [3.63, 3.8) is 0 Å². The minimum Gasteiger partial charge on any atom is -0.497 e. The molecule has 0 aliphatic carbocycles. The summed E-state index contributed by atoms with van der Waals surface area (Å²) in [4.78, 5) is 51.5. The number of methoxy groups -OCH3 is 1.